The molecule has 0 radical (unpaired) electrons. The van der Waals surface area contributed by atoms with Gasteiger partial charge in [-0.3, -0.25) is 9.00 Å². The quantitative estimate of drug-likeness (QED) is 0.0851. The molecule has 0 spiro atoms. The second kappa shape index (κ2) is 16.5. The summed E-state index contributed by atoms with van der Waals surface area (Å²) in [6.07, 6.45) is 9.10. The van der Waals surface area contributed by atoms with E-state index in [1.165, 1.54) is 11.1 Å². The number of hydrogen-bond acceptors (Lipinski definition) is 2. The van der Waals surface area contributed by atoms with E-state index in [0.717, 1.165) is 80.4 Å². The van der Waals surface area contributed by atoms with Crippen LogP contribution in [0.4, 0.5) is 0 Å². The zero-order valence-corrected chi connectivity index (χ0v) is 26.9. The van der Waals surface area contributed by atoms with E-state index in [0.29, 0.717) is 0 Å². The summed E-state index contributed by atoms with van der Waals surface area (Å²) in [7, 11) is -0.778. The molecule has 4 aromatic carbocycles. The lowest BCUT2D eigenvalue weighted by atomic mass is 9.72. The normalized spacial score (nSPS) is 14.8. The maximum absolute atomic E-state index is 13.6. The van der Waals surface area contributed by atoms with Crippen molar-refractivity contribution in [3.63, 3.8) is 0 Å². The Morgan fingerprint density at radius 2 is 1.02 bits per heavy atom. The van der Waals surface area contributed by atoms with Gasteiger partial charge in [-0.15, -0.1) is 0 Å². The largest absolute Gasteiger partial charge is 0.293 e. The Labute approximate surface area is 262 Å². The molecule has 0 aromatic heterocycles. The number of benzene rings is 4. The van der Waals surface area contributed by atoms with Crippen molar-refractivity contribution in [2.45, 2.75) is 82.5 Å². The Kier molecular flexibility index (Phi) is 12.5. The van der Waals surface area contributed by atoms with Crippen molar-refractivity contribution in [3.05, 3.63) is 144 Å². The summed E-state index contributed by atoms with van der Waals surface area (Å²) in [5.74, 6) is 1.72. The molecule has 0 saturated carbocycles. The van der Waals surface area contributed by atoms with E-state index in [-0.39, 0.29) is 11.2 Å². The first kappa shape index (κ1) is 32.6. The third kappa shape index (κ3) is 9.60. The molecule has 0 aliphatic carbocycles. The van der Waals surface area contributed by atoms with Gasteiger partial charge in [0, 0.05) is 27.9 Å². The molecule has 0 aliphatic rings. The monoisotopic (exact) mass is 592 g/mol. The predicted octanol–water partition coefficient (Wildman–Crippen LogP) is 9.90. The van der Waals surface area contributed by atoms with Gasteiger partial charge < -0.3 is 0 Å². The lowest BCUT2D eigenvalue weighted by Crippen LogP contribution is -2.32. The van der Waals surface area contributed by atoms with Gasteiger partial charge in [-0.1, -0.05) is 154 Å². The lowest BCUT2D eigenvalue weighted by Gasteiger charge is -2.31. The predicted molar refractivity (Wildman–Crippen MR) is 183 cm³/mol. The number of unbranched alkanes of at least 4 members (excludes halogenated alkanes) is 4. The Bertz CT molecular complexity index is 1390. The van der Waals surface area contributed by atoms with Crippen molar-refractivity contribution in [2.24, 2.45) is 0 Å². The van der Waals surface area contributed by atoms with Crippen LogP contribution < -0.4 is 0 Å². The van der Waals surface area contributed by atoms with Crippen LogP contribution in [0, 0.1) is 0 Å². The number of hydrogen-bond donors (Lipinski definition) is 0. The molecule has 0 N–H and O–H groups in total. The summed E-state index contributed by atoms with van der Waals surface area (Å²) in [5.41, 5.74) is 4.15. The summed E-state index contributed by atoms with van der Waals surface area (Å²) in [6, 6.07) is 41.5. The standard InChI is InChI=1S/C40H48O2S/c1-39(36-25-13-5-14-26-36,33-34-21-9-3-10-22-34)29-17-7-19-31-43(42)32-20-8-18-30-40(2,37-27-15-6-16-28-37)38(41)35-23-11-4-12-24-35/h3-6,9-16,21-28H,7-8,17-20,29-33H2,1-2H3. The zero-order valence-electron chi connectivity index (χ0n) is 26.0. The van der Waals surface area contributed by atoms with E-state index < -0.39 is 16.2 Å². The first-order valence-electron chi connectivity index (χ1n) is 16.0. The smallest absolute Gasteiger partial charge is 0.173 e. The molecule has 0 bridgehead atoms. The summed E-state index contributed by atoms with van der Waals surface area (Å²) in [6.45, 7) is 4.47. The van der Waals surface area contributed by atoms with Crippen molar-refractivity contribution >= 4 is 16.6 Å². The fraction of sp³-hybridized carbons (Fsp3) is 0.375. The second-order valence-corrected chi connectivity index (χ2v) is 14.1. The number of carbonyl (C=O) groups is 1. The SMILES string of the molecule is CC(CCCCCS(=O)CCCCCC(C)(C(=O)c1ccccc1)c1ccccc1)(Cc1ccccc1)c1ccccc1. The van der Waals surface area contributed by atoms with Gasteiger partial charge in [-0.2, -0.15) is 0 Å². The first-order chi connectivity index (χ1) is 20.9. The van der Waals surface area contributed by atoms with Crippen LogP contribution in [0.15, 0.2) is 121 Å². The van der Waals surface area contributed by atoms with Crippen molar-refractivity contribution in [1.29, 1.82) is 0 Å². The van der Waals surface area contributed by atoms with Crippen molar-refractivity contribution < 1.29 is 9.00 Å². The highest BCUT2D eigenvalue weighted by Gasteiger charge is 2.35. The third-order valence-corrected chi connectivity index (χ3v) is 10.5. The van der Waals surface area contributed by atoms with E-state index in [1.807, 2.05) is 48.5 Å². The zero-order chi connectivity index (χ0) is 30.4. The van der Waals surface area contributed by atoms with E-state index >= 15 is 0 Å². The number of Topliss-reactive ketones (excluding diaryl/α,β-unsaturated/α-hetero) is 1. The first-order valence-corrected chi connectivity index (χ1v) is 17.5. The highest BCUT2D eigenvalue weighted by Crippen LogP contribution is 2.35. The molecule has 3 unspecified atom stereocenters. The summed E-state index contributed by atoms with van der Waals surface area (Å²) < 4.78 is 12.8. The van der Waals surface area contributed by atoms with Gasteiger partial charge in [0.05, 0.1) is 5.41 Å². The summed E-state index contributed by atoms with van der Waals surface area (Å²) in [5, 5.41) is 0. The van der Waals surface area contributed by atoms with Gasteiger partial charge in [0.2, 0.25) is 0 Å². The maximum atomic E-state index is 13.6. The fourth-order valence-corrected chi connectivity index (χ4v) is 7.56. The van der Waals surface area contributed by atoms with Gasteiger partial charge in [0.25, 0.3) is 0 Å². The van der Waals surface area contributed by atoms with Crippen LogP contribution >= 0.6 is 0 Å². The van der Waals surface area contributed by atoms with Crippen molar-refractivity contribution in [3.8, 4) is 0 Å². The molecule has 4 rings (SSSR count). The van der Waals surface area contributed by atoms with Crippen LogP contribution in [-0.2, 0) is 28.1 Å². The summed E-state index contributed by atoms with van der Waals surface area (Å²) in [4.78, 5) is 13.6. The van der Waals surface area contributed by atoms with Crippen molar-refractivity contribution in [1.82, 2.24) is 0 Å². The van der Waals surface area contributed by atoms with Gasteiger partial charge in [-0.05, 0) is 61.1 Å². The molecule has 3 heteroatoms. The second-order valence-electron chi connectivity index (χ2n) is 12.5. The van der Waals surface area contributed by atoms with E-state index in [4.69, 9.17) is 0 Å². The molecule has 0 heterocycles. The van der Waals surface area contributed by atoms with E-state index in [2.05, 4.69) is 86.6 Å². The minimum atomic E-state index is -0.778. The average Bonchev–Trinajstić information content (AvgIpc) is 3.05. The topological polar surface area (TPSA) is 34.1 Å². The van der Waals surface area contributed by atoms with E-state index in [9.17, 15) is 9.00 Å². The van der Waals surface area contributed by atoms with Gasteiger partial charge in [0.1, 0.15) is 0 Å². The minimum Gasteiger partial charge on any atom is -0.293 e. The molecule has 0 amide bonds. The fourth-order valence-electron chi connectivity index (χ4n) is 6.30. The Hall–Kier alpha value is -3.30. The number of rotatable bonds is 18. The van der Waals surface area contributed by atoms with Crippen LogP contribution in [0.1, 0.15) is 92.3 Å². The van der Waals surface area contributed by atoms with Crippen LogP contribution in [0.25, 0.3) is 0 Å². The maximum Gasteiger partial charge on any atom is 0.173 e. The molecule has 2 nitrogen and oxygen atoms in total. The molecule has 0 aliphatic heterocycles. The number of ketones is 1. The van der Waals surface area contributed by atoms with Gasteiger partial charge in [-0.25, -0.2) is 0 Å². The molecule has 43 heavy (non-hydrogen) atoms. The summed E-state index contributed by atoms with van der Waals surface area (Å²) >= 11 is 0. The van der Waals surface area contributed by atoms with E-state index in [1.54, 1.807) is 0 Å². The third-order valence-electron chi connectivity index (χ3n) is 9.01. The molecular weight excluding hydrogens is 545 g/mol. The molecule has 3 atom stereocenters. The molecule has 226 valence electrons. The Balaban J connectivity index is 1.19. The van der Waals surface area contributed by atoms with Gasteiger partial charge >= 0.3 is 0 Å². The van der Waals surface area contributed by atoms with Crippen LogP contribution in [-0.4, -0.2) is 21.5 Å². The number of carbonyl (C=O) groups excluding carboxylic acids is 1. The lowest BCUT2D eigenvalue weighted by molar-refractivity contribution is 0.0885. The molecule has 4 aromatic rings. The Morgan fingerprint density at radius 1 is 0.558 bits per heavy atom. The Morgan fingerprint density at radius 3 is 1.58 bits per heavy atom. The minimum absolute atomic E-state index is 0.0951. The highest BCUT2D eigenvalue weighted by molar-refractivity contribution is 7.84. The van der Waals surface area contributed by atoms with Gasteiger partial charge in [0.15, 0.2) is 5.78 Å². The highest BCUT2D eigenvalue weighted by atomic mass is 32.2. The van der Waals surface area contributed by atoms with Crippen LogP contribution in [0.2, 0.25) is 0 Å². The van der Waals surface area contributed by atoms with Crippen LogP contribution in [0.3, 0.4) is 0 Å². The average molecular weight is 593 g/mol. The van der Waals surface area contributed by atoms with Crippen molar-refractivity contribution in [2.75, 3.05) is 11.5 Å². The molecule has 0 fully saturated rings. The molecular formula is C40H48O2S. The van der Waals surface area contributed by atoms with Crippen LogP contribution in [0.5, 0.6) is 0 Å². The molecule has 0 saturated heterocycles.